The lowest BCUT2D eigenvalue weighted by atomic mass is 9.41. The molecule has 0 radical (unpaired) electrons. The van der Waals surface area contributed by atoms with Crippen molar-refractivity contribution in [2.75, 3.05) is 6.61 Å². The van der Waals surface area contributed by atoms with Gasteiger partial charge in [-0.15, -0.1) is 0 Å². The number of aliphatic hydroxyl groups is 2. The smallest absolute Gasteiger partial charge is 0.137 e. The molecule has 0 amide bonds. The molecule has 0 heterocycles. The Hall–Kier alpha value is -0.410. The number of hydrogen-bond donors (Lipinski definition) is 2. The Bertz CT molecular complexity index is 541. The van der Waals surface area contributed by atoms with Crippen LogP contribution in [0.3, 0.4) is 0 Å². The lowest BCUT2D eigenvalue weighted by molar-refractivity contribution is -0.166. The summed E-state index contributed by atoms with van der Waals surface area (Å²) in [6.45, 7) is 6.97. The van der Waals surface area contributed by atoms with E-state index in [1.165, 1.54) is 19.3 Å². The molecule has 0 aromatic rings. The third-order valence-electron chi connectivity index (χ3n) is 8.59. The Balaban J connectivity index is 1.78. The Morgan fingerprint density at radius 1 is 1.17 bits per heavy atom. The van der Waals surface area contributed by atoms with Crippen molar-refractivity contribution in [3.63, 3.8) is 0 Å². The van der Waals surface area contributed by atoms with E-state index < -0.39 is 5.60 Å². The van der Waals surface area contributed by atoms with E-state index in [0.717, 1.165) is 19.3 Å². The molecular formula is C20H32O3. The number of ketones is 1. The van der Waals surface area contributed by atoms with Gasteiger partial charge in [-0.1, -0.05) is 27.2 Å². The number of rotatable bonds is 1. The van der Waals surface area contributed by atoms with Gasteiger partial charge in [-0.05, 0) is 66.6 Å². The van der Waals surface area contributed by atoms with Crippen LogP contribution in [0, 0.1) is 34.0 Å². The van der Waals surface area contributed by atoms with E-state index in [9.17, 15) is 15.0 Å². The second-order valence-corrected chi connectivity index (χ2v) is 10.2. The lowest BCUT2D eigenvalue weighted by Crippen LogP contribution is -2.58. The van der Waals surface area contributed by atoms with E-state index in [1.54, 1.807) is 0 Å². The minimum Gasteiger partial charge on any atom is -0.393 e. The molecule has 4 aliphatic carbocycles. The van der Waals surface area contributed by atoms with Crippen LogP contribution in [0.2, 0.25) is 0 Å². The second kappa shape index (κ2) is 4.60. The quantitative estimate of drug-likeness (QED) is 0.779. The largest absolute Gasteiger partial charge is 0.393 e. The molecule has 130 valence electrons. The van der Waals surface area contributed by atoms with Crippen LogP contribution in [0.1, 0.15) is 72.1 Å². The molecule has 1 spiro atoms. The second-order valence-electron chi connectivity index (χ2n) is 10.2. The van der Waals surface area contributed by atoms with Gasteiger partial charge in [0.2, 0.25) is 0 Å². The molecular weight excluding hydrogens is 288 g/mol. The van der Waals surface area contributed by atoms with Crippen LogP contribution in [-0.4, -0.2) is 28.2 Å². The third-order valence-corrected chi connectivity index (χ3v) is 8.59. The van der Waals surface area contributed by atoms with Crippen LogP contribution in [-0.2, 0) is 4.79 Å². The zero-order chi connectivity index (χ0) is 16.7. The molecule has 23 heavy (non-hydrogen) atoms. The Kier molecular flexibility index (Phi) is 3.22. The Morgan fingerprint density at radius 3 is 2.61 bits per heavy atom. The number of aliphatic hydroxyl groups excluding tert-OH is 1. The van der Waals surface area contributed by atoms with Gasteiger partial charge in [0.1, 0.15) is 5.78 Å². The summed E-state index contributed by atoms with van der Waals surface area (Å²) < 4.78 is 0. The van der Waals surface area contributed by atoms with Crippen LogP contribution in [0.25, 0.3) is 0 Å². The summed E-state index contributed by atoms with van der Waals surface area (Å²) in [5, 5.41) is 20.7. The molecule has 2 bridgehead atoms. The number of carbonyl (C=O) groups excluding carboxylic acids is 1. The van der Waals surface area contributed by atoms with Crippen LogP contribution < -0.4 is 0 Å². The predicted molar refractivity (Wildman–Crippen MR) is 88.8 cm³/mol. The molecule has 2 N–H and O–H groups in total. The normalized spacial score (nSPS) is 54.5. The van der Waals surface area contributed by atoms with Crippen LogP contribution in [0.4, 0.5) is 0 Å². The maximum atomic E-state index is 13.2. The van der Waals surface area contributed by atoms with Crippen LogP contribution in [0.15, 0.2) is 0 Å². The number of fused-ring (bicyclic) bond motifs is 3. The van der Waals surface area contributed by atoms with Crippen molar-refractivity contribution < 1.29 is 15.0 Å². The fraction of sp³-hybridized carbons (Fsp3) is 0.950. The molecule has 6 unspecified atom stereocenters. The fourth-order valence-electron chi connectivity index (χ4n) is 7.94. The summed E-state index contributed by atoms with van der Waals surface area (Å²) in [4.78, 5) is 13.2. The summed E-state index contributed by atoms with van der Waals surface area (Å²) in [5.74, 6) is 1.08. The Morgan fingerprint density at radius 2 is 1.91 bits per heavy atom. The Labute approximate surface area is 139 Å². The highest BCUT2D eigenvalue weighted by Gasteiger charge is 2.69. The van der Waals surface area contributed by atoms with Crippen molar-refractivity contribution in [1.82, 2.24) is 0 Å². The van der Waals surface area contributed by atoms with Crippen molar-refractivity contribution in [3.05, 3.63) is 0 Å². The first-order valence-corrected chi connectivity index (χ1v) is 9.53. The molecule has 4 fully saturated rings. The molecule has 6 atom stereocenters. The van der Waals surface area contributed by atoms with E-state index in [4.69, 9.17) is 0 Å². The van der Waals surface area contributed by atoms with Crippen molar-refractivity contribution in [3.8, 4) is 0 Å². The van der Waals surface area contributed by atoms with Crippen molar-refractivity contribution in [2.24, 2.45) is 34.0 Å². The summed E-state index contributed by atoms with van der Waals surface area (Å²) in [6.07, 6.45) is 7.95. The summed E-state index contributed by atoms with van der Waals surface area (Å²) in [5.41, 5.74) is -0.658. The monoisotopic (exact) mass is 320 g/mol. The van der Waals surface area contributed by atoms with Gasteiger partial charge >= 0.3 is 0 Å². The minimum atomic E-state index is -1.02. The maximum Gasteiger partial charge on any atom is 0.137 e. The summed E-state index contributed by atoms with van der Waals surface area (Å²) in [7, 11) is 0. The highest BCUT2D eigenvalue weighted by molar-refractivity contribution is 5.85. The molecule has 0 aromatic carbocycles. The van der Waals surface area contributed by atoms with E-state index in [2.05, 4.69) is 20.8 Å². The van der Waals surface area contributed by atoms with Gasteiger partial charge in [-0.3, -0.25) is 4.79 Å². The molecule has 4 aliphatic rings. The topological polar surface area (TPSA) is 57.5 Å². The molecule has 0 aromatic heterocycles. The molecule has 3 nitrogen and oxygen atoms in total. The zero-order valence-corrected chi connectivity index (χ0v) is 14.9. The van der Waals surface area contributed by atoms with E-state index in [-0.39, 0.29) is 29.3 Å². The van der Waals surface area contributed by atoms with Gasteiger partial charge in [-0.2, -0.15) is 0 Å². The standard InChI is InChI=1S/C20H32O3/c1-17(2)6-4-7-18(3)15(17)5-8-19-10-13(9-14(22)16(18)19)20(23,11-19)12-21/h13,15-16,21,23H,4-12H2,1-3H3. The predicted octanol–water partition coefficient (Wildman–Crippen LogP) is 3.32. The van der Waals surface area contributed by atoms with Gasteiger partial charge < -0.3 is 10.2 Å². The summed E-state index contributed by atoms with van der Waals surface area (Å²) in [6, 6.07) is 0. The lowest BCUT2D eigenvalue weighted by Gasteiger charge is -2.63. The van der Waals surface area contributed by atoms with Gasteiger partial charge in [-0.25, -0.2) is 0 Å². The van der Waals surface area contributed by atoms with Gasteiger partial charge in [0.05, 0.1) is 12.2 Å². The van der Waals surface area contributed by atoms with E-state index in [0.29, 0.717) is 30.0 Å². The molecule has 4 saturated carbocycles. The average molecular weight is 320 g/mol. The van der Waals surface area contributed by atoms with Gasteiger partial charge in [0.25, 0.3) is 0 Å². The van der Waals surface area contributed by atoms with Crippen molar-refractivity contribution in [1.29, 1.82) is 0 Å². The minimum absolute atomic E-state index is 0.0204. The average Bonchev–Trinajstić information content (AvgIpc) is 2.65. The third kappa shape index (κ3) is 1.93. The van der Waals surface area contributed by atoms with Gasteiger partial charge in [0, 0.05) is 12.3 Å². The van der Waals surface area contributed by atoms with Crippen LogP contribution in [0.5, 0.6) is 0 Å². The van der Waals surface area contributed by atoms with E-state index in [1.807, 2.05) is 0 Å². The molecule has 4 rings (SSSR count). The van der Waals surface area contributed by atoms with Gasteiger partial charge in [0.15, 0.2) is 0 Å². The van der Waals surface area contributed by atoms with Crippen molar-refractivity contribution in [2.45, 2.75) is 77.7 Å². The number of hydrogen-bond acceptors (Lipinski definition) is 3. The number of carbonyl (C=O) groups is 1. The first kappa shape index (κ1) is 16.1. The SMILES string of the molecule is CC1(C)CCCC2(C)C1CCC13CC(CC(=O)C12)C(O)(CO)C3. The highest BCUT2D eigenvalue weighted by Crippen LogP contribution is 2.71. The maximum absolute atomic E-state index is 13.2. The van der Waals surface area contributed by atoms with E-state index >= 15 is 0 Å². The van der Waals surface area contributed by atoms with Crippen LogP contribution >= 0.6 is 0 Å². The number of Topliss-reactive ketones (excluding diaryl/α,β-unsaturated/α-hetero) is 1. The first-order chi connectivity index (χ1) is 10.7. The zero-order valence-electron chi connectivity index (χ0n) is 14.9. The molecule has 3 heteroatoms. The molecule has 0 aliphatic heterocycles. The fourth-order valence-corrected chi connectivity index (χ4v) is 7.94. The van der Waals surface area contributed by atoms with Crippen molar-refractivity contribution >= 4 is 5.78 Å². The highest BCUT2D eigenvalue weighted by atomic mass is 16.3. The molecule has 0 saturated heterocycles. The first-order valence-electron chi connectivity index (χ1n) is 9.53. The summed E-state index contributed by atoms with van der Waals surface area (Å²) >= 11 is 0.